The molecule has 1 atom stereocenters. The van der Waals surface area contributed by atoms with Crippen LogP contribution in [0, 0.1) is 0 Å². The van der Waals surface area contributed by atoms with Gasteiger partial charge in [0, 0.05) is 29.5 Å². The highest BCUT2D eigenvalue weighted by molar-refractivity contribution is 9.10. The maximum absolute atomic E-state index is 12.5. The summed E-state index contributed by atoms with van der Waals surface area (Å²) < 4.78 is 32.5. The topological polar surface area (TPSA) is 59.5 Å². The number of rotatable bonds is 3. The van der Waals surface area contributed by atoms with E-state index in [1.165, 1.54) is 10.5 Å². The van der Waals surface area contributed by atoms with Crippen molar-refractivity contribution in [3.8, 4) is 0 Å². The van der Waals surface area contributed by atoms with Crippen LogP contribution in [-0.2, 0) is 14.8 Å². The van der Waals surface area contributed by atoms with Gasteiger partial charge in [-0.05, 0) is 28.4 Å². The van der Waals surface area contributed by atoms with Crippen LogP contribution in [0.5, 0.6) is 0 Å². The van der Waals surface area contributed by atoms with Gasteiger partial charge in [-0.2, -0.15) is 4.31 Å². The minimum Gasteiger partial charge on any atom is -0.378 e. The molecule has 1 aromatic heterocycles. The van der Waals surface area contributed by atoms with E-state index in [1.54, 1.807) is 12.3 Å². The normalized spacial score (nSPS) is 22.0. The predicted molar refractivity (Wildman–Crippen MR) is 70.7 cm³/mol. The maximum Gasteiger partial charge on any atom is 0.245 e. The fourth-order valence-corrected chi connectivity index (χ4v) is 4.12. The quantitative estimate of drug-likeness (QED) is 0.843. The summed E-state index contributed by atoms with van der Waals surface area (Å²) in [4.78, 5) is 4.13. The monoisotopic (exact) mass is 334 g/mol. The largest absolute Gasteiger partial charge is 0.378 e. The van der Waals surface area contributed by atoms with Crippen LogP contribution in [0.2, 0.25) is 0 Å². The number of sulfonamides is 1. The fraction of sp³-hybridized carbons (Fsp3) is 0.545. The number of hydrogen-bond acceptors (Lipinski definition) is 4. The summed E-state index contributed by atoms with van der Waals surface area (Å²) in [7, 11) is -3.48. The molecular weight excluding hydrogens is 320 g/mol. The molecule has 1 unspecified atom stereocenters. The molecule has 0 radical (unpaired) electrons. The van der Waals surface area contributed by atoms with Crippen LogP contribution in [0.1, 0.15) is 13.3 Å². The van der Waals surface area contributed by atoms with Crippen LogP contribution in [0.3, 0.4) is 0 Å². The van der Waals surface area contributed by atoms with Crippen molar-refractivity contribution in [1.29, 1.82) is 0 Å². The Morgan fingerprint density at radius 1 is 1.56 bits per heavy atom. The smallest absolute Gasteiger partial charge is 0.245 e. The number of hydrogen-bond donors (Lipinski definition) is 0. The van der Waals surface area contributed by atoms with Crippen molar-refractivity contribution in [2.24, 2.45) is 0 Å². The Morgan fingerprint density at radius 2 is 2.33 bits per heavy atom. The fourth-order valence-electron chi connectivity index (χ4n) is 1.95. The highest BCUT2D eigenvalue weighted by atomic mass is 79.9. The Bertz CT molecular complexity index is 521. The van der Waals surface area contributed by atoms with Gasteiger partial charge in [0.2, 0.25) is 10.0 Å². The average molecular weight is 335 g/mol. The first-order chi connectivity index (χ1) is 8.55. The highest BCUT2D eigenvalue weighted by Crippen LogP contribution is 2.23. The second kappa shape index (κ2) is 5.64. The second-order valence-corrected chi connectivity index (χ2v) is 6.90. The van der Waals surface area contributed by atoms with Crippen LogP contribution >= 0.6 is 15.9 Å². The molecule has 1 aliphatic rings. The van der Waals surface area contributed by atoms with Crippen molar-refractivity contribution in [2.45, 2.75) is 24.3 Å². The molecule has 5 nitrogen and oxygen atoms in total. The summed E-state index contributed by atoms with van der Waals surface area (Å²) in [6, 6.07) is 1.48. The molecule has 0 aromatic carbocycles. The Hall–Kier alpha value is -0.500. The van der Waals surface area contributed by atoms with E-state index in [1.807, 2.05) is 6.92 Å². The summed E-state index contributed by atoms with van der Waals surface area (Å²) in [5.41, 5.74) is 0. The van der Waals surface area contributed by atoms with E-state index in [2.05, 4.69) is 20.9 Å². The van der Waals surface area contributed by atoms with E-state index in [0.29, 0.717) is 24.2 Å². The van der Waals surface area contributed by atoms with Gasteiger partial charge in [-0.1, -0.05) is 6.92 Å². The third-order valence-corrected chi connectivity index (χ3v) is 5.28. The van der Waals surface area contributed by atoms with Gasteiger partial charge in [-0.3, -0.25) is 4.98 Å². The van der Waals surface area contributed by atoms with Gasteiger partial charge < -0.3 is 4.74 Å². The van der Waals surface area contributed by atoms with Crippen molar-refractivity contribution >= 4 is 26.0 Å². The van der Waals surface area contributed by atoms with E-state index >= 15 is 0 Å². The van der Waals surface area contributed by atoms with E-state index in [0.717, 1.165) is 6.42 Å². The first-order valence-corrected chi connectivity index (χ1v) is 7.99. The van der Waals surface area contributed by atoms with Gasteiger partial charge in [0.15, 0.2) is 0 Å². The molecule has 18 heavy (non-hydrogen) atoms. The Morgan fingerprint density at radius 3 is 3.00 bits per heavy atom. The lowest BCUT2D eigenvalue weighted by Gasteiger charge is -2.33. The number of pyridine rings is 1. The third kappa shape index (κ3) is 2.74. The van der Waals surface area contributed by atoms with Crippen molar-refractivity contribution in [3.63, 3.8) is 0 Å². The lowest BCUT2D eigenvalue weighted by molar-refractivity contribution is 0.0314. The van der Waals surface area contributed by atoms with Gasteiger partial charge in [-0.15, -0.1) is 0 Å². The van der Waals surface area contributed by atoms with E-state index < -0.39 is 10.0 Å². The maximum atomic E-state index is 12.5. The molecule has 0 aliphatic carbocycles. The minimum atomic E-state index is -3.48. The second-order valence-electron chi connectivity index (χ2n) is 4.09. The van der Waals surface area contributed by atoms with Gasteiger partial charge in [0.05, 0.1) is 13.2 Å². The molecule has 100 valence electrons. The summed E-state index contributed by atoms with van der Waals surface area (Å²) in [6.45, 7) is 3.25. The zero-order valence-corrected chi connectivity index (χ0v) is 12.4. The summed E-state index contributed by atoms with van der Waals surface area (Å²) in [5, 5.41) is 0. The molecule has 1 aliphatic heterocycles. The van der Waals surface area contributed by atoms with Crippen molar-refractivity contribution in [1.82, 2.24) is 9.29 Å². The van der Waals surface area contributed by atoms with Crippen molar-refractivity contribution in [3.05, 3.63) is 22.9 Å². The molecule has 0 bridgehead atoms. The zero-order valence-electron chi connectivity index (χ0n) is 10.0. The van der Waals surface area contributed by atoms with Crippen LogP contribution < -0.4 is 0 Å². The molecule has 1 saturated heterocycles. The molecule has 0 spiro atoms. The lowest BCUT2D eigenvalue weighted by atomic mass is 10.2. The van der Waals surface area contributed by atoms with Crippen LogP contribution in [0.4, 0.5) is 0 Å². The standard InChI is InChI=1S/C11H15BrN2O3S/c1-2-10-8-17-4-3-14(10)18(15,16)11-5-9(12)6-13-7-11/h5-7,10H,2-4,8H2,1H3. The SMILES string of the molecule is CCC1COCCN1S(=O)(=O)c1cncc(Br)c1. The third-order valence-electron chi connectivity index (χ3n) is 2.93. The van der Waals surface area contributed by atoms with Crippen LogP contribution in [0.25, 0.3) is 0 Å². The summed E-state index contributed by atoms with van der Waals surface area (Å²) in [5.74, 6) is 0. The number of halogens is 1. The van der Waals surface area contributed by atoms with E-state index in [4.69, 9.17) is 4.74 Å². The molecule has 7 heteroatoms. The van der Waals surface area contributed by atoms with Gasteiger partial charge in [0.1, 0.15) is 4.90 Å². The number of nitrogens with zero attached hydrogens (tertiary/aromatic N) is 2. The zero-order chi connectivity index (χ0) is 13.2. The Labute approximate surface area is 115 Å². The van der Waals surface area contributed by atoms with Gasteiger partial charge in [-0.25, -0.2) is 8.42 Å². The number of aromatic nitrogens is 1. The number of morpholine rings is 1. The minimum absolute atomic E-state index is 0.0947. The van der Waals surface area contributed by atoms with Crippen molar-refractivity contribution < 1.29 is 13.2 Å². The molecule has 0 N–H and O–H groups in total. The summed E-state index contributed by atoms with van der Waals surface area (Å²) >= 11 is 3.24. The molecule has 0 saturated carbocycles. The summed E-state index contributed by atoms with van der Waals surface area (Å²) in [6.07, 6.45) is 3.68. The van der Waals surface area contributed by atoms with Gasteiger partial charge in [0.25, 0.3) is 0 Å². The molecule has 1 aromatic rings. The highest BCUT2D eigenvalue weighted by Gasteiger charge is 2.33. The van der Waals surface area contributed by atoms with Crippen molar-refractivity contribution in [2.75, 3.05) is 19.8 Å². The molecule has 1 fully saturated rings. The molecule has 0 amide bonds. The lowest BCUT2D eigenvalue weighted by Crippen LogP contribution is -2.48. The first-order valence-electron chi connectivity index (χ1n) is 5.76. The number of ether oxygens (including phenoxy) is 1. The van der Waals surface area contributed by atoms with Crippen LogP contribution in [0.15, 0.2) is 27.8 Å². The van der Waals surface area contributed by atoms with Gasteiger partial charge >= 0.3 is 0 Å². The van der Waals surface area contributed by atoms with Crippen LogP contribution in [-0.4, -0.2) is 43.5 Å². The first kappa shape index (κ1) is 13.9. The Kier molecular flexibility index (Phi) is 4.37. The molecule has 2 rings (SSSR count). The predicted octanol–water partition coefficient (Wildman–Crippen LogP) is 1.64. The molecule has 2 heterocycles. The van der Waals surface area contributed by atoms with E-state index in [-0.39, 0.29) is 10.9 Å². The Balaban J connectivity index is 2.35. The van der Waals surface area contributed by atoms with E-state index in [9.17, 15) is 8.42 Å². The molecular formula is C11H15BrN2O3S. The average Bonchev–Trinajstić information content (AvgIpc) is 2.38.